The van der Waals surface area contributed by atoms with Gasteiger partial charge in [-0.15, -0.1) is 0 Å². The zero-order valence-corrected chi connectivity index (χ0v) is 32.3. The largest absolute Gasteiger partial charge is 0.457 e. The molecule has 0 spiro atoms. The van der Waals surface area contributed by atoms with Crippen LogP contribution in [0.5, 0.6) is 11.5 Å². The van der Waals surface area contributed by atoms with Crippen LogP contribution in [-0.2, 0) is 6.42 Å². The van der Waals surface area contributed by atoms with Crippen LogP contribution in [0.25, 0.3) is 44.4 Å². The van der Waals surface area contributed by atoms with Gasteiger partial charge in [0, 0.05) is 40.4 Å². The Bertz CT molecular complexity index is 2370. The summed E-state index contributed by atoms with van der Waals surface area (Å²) < 4.78 is 11.2. The second-order valence-electron chi connectivity index (χ2n) is 15.8. The summed E-state index contributed by atoms with van der Waals surface area (Å²) in [5.41, 5.74) is 11.7. The highest BCUT2D eigenvalue weighted by atomic mass is 16.5. The zero-order valence-electron chi connectivity index (χ0n) is 32.3. The van der Waals surface area contributed by atoms with Crippen molar-refractivity contribution < 1.29 is 4.74 Å². The van der Waals surface area contributed by atoms with E-state index in [2.05, 4.69) is 163 Å². The Kier molecular flexibility index (Phi) is 9.56. The molecule has 0 bridgehead atoms. The lowest BCUT2D eigenvalue weighted by molar-refractivity contribution is 0.228. The van der Waals surface area contributed by atoms with Crippen LogP contribution >= 0.6 is 0 Å². The quantitative estimate of drug-likeness (QED) is 0.144. The van der Waals surface area contributed by atoms with Crippen molar-refractivity contribution in [2.24, 2.45) is 11.3 Å². The molecule has 7 rings (SSSR count). The van der Waals surface area contributed by atoms with Gasteiger partial charge in [0.1, 0.15) is 17.3 Å². The molecule has 2 atom stereocenters. The predicted molar refractivity (Wildman–Crippen MR) is 218 cm³/mol. The summed E-state index contributed by atoms with van der Waals surface area (Å²) in [6, 6.07) is 34.8. The molecule has 0 amide bonds. The number of benzene rings is 4. The number of aryl methyl sites for hydroxylation is 3. The fourth-order valence-corrected chi connectivity index (χ4v) is 7.70. The van der Waals surface area contributed by atoms with Crippen LogP contribution in [0.4, 0.5) is 0 Å². The summed E-state index contributed by atoms with van der Waals surface area (Å²) in [5, 5.41) is 7.46. The second kappa shape index (κ2) is 14.1. The first-order chi connectivity index (χ1) is 24.9. The maximum atomic E-state index is 6.80. The number of hydrogen-bond donors (Lipinski definition) is 0. The molecule has 0 aliphatic heterocycles. The molecule has 4 aromatic carbocycles. The third kappa shape index (κ3) is 6.77. The highest BCUT2D eigenvalue weighted by Crippen LogP contribution is 2.41. The summed E-state index contributed by atoms with van der Waals surface area (Å²) >= 11 is 0. The van der Waals surface area contributed by atoms with Gasteiger partial charge in [-0.2, -0.15) is 5.10 Å². The van der Waals surface area contributed by atoms with Gasteiger partial charge in [-0.3, -0.25) is 4.57 Å². The first kappa shape index (κ1) is 35.3. The van der Waals surface area contributed by atoms with E-state index in [0.717, 1.165) is 64.7 Å². The van der Waals surface area contributed by atoms with Crippen LogP contribution in [0.15, 0.2) is 103 Å². The molecule has 0 N–H and O–H groups in total. The Morgan fingerprint density at radius 3 is 2.29 bits per heavy atom. The Morgan fingerprint density at radius 2 is 1.56 bits per heavy atom. The van der Waals surface area contributed by atoms with Gasteiger partial charge >= 0.3 is 0 Å². The topological polar surface area (TPSA) is 44.9 Å². The molecule has 0 saturated carbocycles. The fraction of sp³-hybridized carbons (Fsp3) is 0.319. The first-order valence-electron chi connectivity index (χ1n) is 18.9. The smallest absolute Gasteiger partial charge is 0.137 e. The number of pyridine rings is 1. The summed E-state index contributed by atoms with van der Waals surface area (Å²) in [4.78, 5) is 4.85. The molecular formula is C47H52N4O. The standard InChI is InChI=1S/C47H52N4O/c1-10-11-15-35-25-38(51-34(6)46(33(5)49-51)36-16-13-12-14-17-36)28-40(26-35)52-39-19-20-41-42-27-37(31(3)32(4)47(7,8)9)18-21-43(42)50(44(41)29-39)45-24-30(2)22-23-48-45/h12-14,16-29,31-32H,10-11,15H2,1-9H3. The molecule has 7 aromatic rings. The molecule has 266 valence electrons. The third-order valence-electron chi connectivity index (χ3n) is 11.1. The average molecular weight is 689 g/mol. The van der Waals surface area contributed by atoms with E-state index in [-0.39, 0.29) is 5.41 Å². The average Bonchev–Trinajstić information content (AvgIpc) is 3.61. The number of aromatic nitrogens is 4. The minimum atomic E-state index is 0.215. The predicted octanol–water partition coefficient (Wildman–Crippen LogP) is 12.9. The van der Waals surface area contributed by atoms with Crippen molar-refractivity contribution in [3.8, 4) is 34.1 Å². The van der Waals surface area contributed by atoms with E-state index >= 15 is 0 Å². The van der Waals surface area contributed by atoms with Crippen LogP contribution in [0.2, 0.25) is 0 Å². The number of unbranched alkanes of at least 4 members (excludes halogenated alkanes) is 1. The summed E-state index contributed by atoms with van der Waals surface area (Å²) in [5.74, 6) is 3.44. The van der Waals surface area contributed by atoms with E-state index in [4.69, 9.17) is 14.8 Å². The minimum absolute atomic E-state index is 0.215. The number of fused-ring (bicyclic) bond motifs is 3. The molecule has 5 heteroatoms. The van der Waals surface area contributed by atoms with Crippen LogP contribution in [0, 0.1) is 32.1 Å². The lowest BCUT2D eigenvalue weighted by Crippen LogP contribution is -2.22. The van der Waals surface area contributed by atoms with Gasteiger partial charge in [0.25, 0.3) is 0 Å². The monoisotopic (exact) mass is 688 g/mol. The van der Waals surface area contributed by atoms with Gasteiger partial charge in [0.15, 0.2) is 0 Å². The maximum Gasteiger partial charge on any atom is 0.137 e. The van der Waals surface area contributed by atoms with Crippen LogP contribution < -0.4 is 4.74 Å². The van der Waals surface area contributed by atoms with Crippen molar-refractivity contribution in [1.82, 2.24) is 19.3 Å². The molecule has 0 saturated heterocycles. The van der Waals surface area contributed by atoms with Gasteiger partial charge in [-0.1, -0.05) is 84.4 Å². The number of ether oxygens (including phenoxy) is 1. The lowest BCUT2D eigenvalue weighted by atomic mass is 9.72. The molecule has 0 aliphatic rings. The molecule has 0 radical (unpaired) electrons. The van der Waals surface area contributed by atoms with Crippen molar-refractivity contribution in [1.29, 1.82) is 0 Å². The molecule has 0 aliphatic carbocycles. The molecule has 0 fully saturated rings. The highest BCUT2D eigenvalue weighted by molar-refractivity contribution is 6.09. The summed E-state index contributed by atoms with van der Waals surface area (Å²) in [6.07, 6.45) is 5.12. The molecule has 2 unspecified atom stereocenters. The number of nitrogens with zero attached hydrogens (tertiary/aromatic N) is 4. The second-order valence-corrected chi connectivity index (χ2v) is 15.8. The number of rotatable bonds is 10. The van der Waals surface area contributed by atoms with E-state index in [0.29, 0.717) is 11.8 Å². The summed E-state index contributed by atoms with van der Waals surface area (Å²) in [6.45, 7) is 20.4. The fourth-order valence-electron chi connectivity index (χ4n) is 7.70. The van der Waals surface area contributed by atoms with Crippen LogP contribution in [0.3, 0.4) is 0 Å². The van der Waals surface area contributed by atoms with Crippen LogP contribution in [0.1, 0.15) is 88.4 Å². The Labute approximate surface area is 309 Å². The Morgan fingerprint density at radius 1 is 0.769 bits per heavy atom. The molecule has 3 aromatic heterocycles. The molecule has 5 nitrogen and oxygen atoms in total. The molecular weight excluding hydrogens is 637 g/mol. The third-order valence-corrected chi connectivity index (χ3v) is 11.1. The summed E-state index contributed by atoms with van der Waals surface area (Å²) in [7, 11) is 0. The van der Waals surface area contributed by atoms with Crippen molar-refractivity contribution in [3.05, 3.63) is 131 Å². The van der Waals surface area contributed by atoms with E-state index in [1.807, 2.05) is 12.3 Å². The number of hydrogen-bond acceptors (Lipinski definition) is 3. The van der Waals surface area contributed by atoms with Gasteiger partial charge in [0.05, 0.1) is 22.4 Å². The van der Waals surface area contributed by atoms with Crippen molar-refractivity contribution >= 4 is 21.8 Å². The lowest BCUT2D eigenvalue weighted by Gasteiger charge is -2.32. The Hall–Kier alpha value is -5.16. The van der Waals surface area contributed by atoms with Gasteiger partial charge in [-0.25, -0.2) is 9.67 Å². The molecule has 3 heterocycles. The normalized spacial score (nSPS) is 13.2. The first-order valence-corrected chi connectivity index (χ1v) is 18.9. The zero-order chi connectivity index (χ0) is 36.7. The maximum absolute atomic E-state index is 6.80. The van der Waals surface area contributed by atoms with Crippen molar-refractivity contribution in [3.63, 3.8) is 0 Å². The Balaban J connectivity index is 1.34. The van der Waals surface area contributed by atoms with Crippen LogP contribution in [-0.4, -0.2) is 19.3 Å². The van der Waals surface area contributed by atoms with Gasteiger partial charge in [0.2, 0.25) is 0 Å². The molecule has 52 heavy (non-hydrogen) atoms. The van der Waals surface area contributed by atoms with E-state index in [1.165, 1.54) is 38.6 Å². The van der Waals surface area contributed by atoms with Gasteiger partial charge in [-0.05, 0) is 122 Å². The van der Waals surface area contributed by atoms with E-state index < -0.39 is 0 Å². The van der Waals surface area contributed by atoms with Crippen molar-refractivity contribution in [2.45, 2.75) is 87.5 Å². The van der Waals surface area contributed by atoms with Crippen molar-refractivity contribution in [2.75, 3.05) is 0 Å². The SMILES string of the molecule is CCCCc1cc(Oc2ccc3c4cc(C(C)C(C)C(C)(C)C)ccc4n(-c4cc(C)ccn4)c3c2)cc(-n2nc(C)c(-c3ccccc3)c2C)c1. The van der Waals surface area contributed by atoms with E-state index in [1.54, 1.807) is 0 Å². The highest BCUT2D eigenvalue weighted by Gasteiger charge is 2.27. The van der Waals surface area contributed by atoms with Gasteiger partial charge < -0.3 is 4.74 Å². The van der Waals surface area contributed by atoms with E-state index in [9.17, 15) is 0 Å². The minimum Gasteiger partial charge on any atom is -0.457 e.